The number of hydrogen-bond donors (Lipinski definition) is 0. The molecule has 0 heterocycles. The van der Waals surface area contributed by atoms with E-state index in [1.807, 2.05) is 31.2 Å². The molecular formula is C19H19NO3. The largest absolute Gasteiger partial charge is 0.496 e. The molecule has 0 bridgehead atoms. The van der Waals surface area contributed by atoms with Crippen LogP contribution >= 0.6 is 0 Å². The predicted molar refractivity (Wildman–Crippen MR) is 90.8 cm³/mol. The summed E-state index contributed by atoms with van der Waals surface area (Å²) in [7, 11) is 4.72. The lowest BCUT2D eigenvalue weighted by atomic mass is 10.0. The van der Waals surface area contributed by atoms with Crippen molar-refractivity contribution in [3.05, 3.63) is 53.1 Å². The molecule has 0 aliphatic rings. The van der Waals surface area contributed by atoms with E-state index in [9.17, 15) is 5.26 Å². The Labute approximate surface area is 136 Å². The van der Waals surface area contributed by atoms with E-state index >= 15 is 0 Å². The van der Waals surface area contributed by atoms with Crippen molar-refractivity contribution < 1.29 is 14.2 Å². The first-order chi connectivity index (χ1) is 11.1. The second-order valence-corrected chi connectivity index (χ2v) is 4.98. The first kappa shape index (κ1) is 16.4. The Balaban J connectivity index is 2.55. The molecule has 0 amide bonds. The molecule has 0 N–H and O–H groups in total. The van der Waals surface area contributed by atoms with Crippen LogP contribution in [0.5, 0.6) is 17.2 Å². The van der Waals surface area contributed by atoms with Crippen LogP contribution in [0.25, 0.3) is 11.6 Å². The highest BCUT2D eigenvalue weighted by atomic mass is 16.5. The Kier molecular flexibility index (Phi) is 5.27. The fourth-order valence-corrected chi connectivity index (χ4v) is 2.23. The summed E-state index contributed by atoms with van der Waals surface area (Å²) in [4.78, 5) is 0. The van der Waals surface area contributed by atoms with Crippen molar-refractivity contribution in [2.75, 3.05) is 21.3 Å². The van der Waals surface area contributed by atoms with E-state index in [0.717, 1.165) is 16.7 Å². The van der Waals surface area contributed by atoms with Gasteiger partial charge in [-0.25, -0.2) is 0 Å². The Morgan fingerprint density at radius 3 is 2.00 bits per heavy atom. The third kappa shape index (κ3) is 3.64. The Bertz CT molecular complexity index is 755. The molecule has 0 aliphatic carbocycles. The number of rotatable bonds is 5. The lowest BCUT2D eigenvalue weighted by Crippen LogP contribution is -1.95. The van der Waals surface area contributed by atoms with Gasteiger partial charge >= 0.3 is 0 Å². The molecule has 0 atom stereocenters. The van der Waals surface area contributed by atoms with E-state index in [2.05, 4.69) is 6.07 Å². The number of ether oxygens (including phenoxy) is 3. The van der Waals surface area contributed by atoms with Gasteiger partial charge in [0.2, 0.25) is 0 Å². The van der Waals surface area contributed by atoms with E-state index in [1.165, 1.54) is 0 Å². The zero-order valence-electron chi connectivity index (χ0n) is 13.7. The maximum atomic E-state index is 9.49. The van der Waals surface area contributed by atoms with Crippen LogP contribution < -0.4 is 14.2 Å². The topological polar surface area (TPSA) is 51.5 Å². The minimum Gasteiger partial charge on any atom is -0.496 e. The van der Waals surface area contributed by atoms with Crippen molar-refractivity contribution in [2.24, 2.45) is 0 Å². The first-order valence-corrected chi connectivity index (χ1v) is 7.11. The molecule has 2 rings (SSSR count). The van der Waals surface area contributed by atoms with Crippen LogP contribution in [-0.4, -0.2) is 21.3 Å². The summed E-state index contributed by atoms with van der Waals surface area (Å²) in [5.41, 5.74) is 3.31. The Hall–Kier alpha value is -2.93. The van der Waals surface area contributed by atoms with Gasteiger partial charge in [0, 0.05) is 11.6 Å². The summed E-state index contributed by atoms with van der Waals surface area (Å²) in [5.74, 6) is 1.78. The zero-order valence-corrected chi connectivity index (χ0v) is 13.7. The SMILES string of the molecule is COc1cc(OC)c(OC)cc1/C=C(/C#N)c1ccc(C)cc1. The second-order valence-electron chi connectivity index (χ2n) is 4.98. The highest BCUT2D eigenvalue weighted by molar-refractivity contribution is 5.91. The molecule has 2 aromatic rings. The molecular weight excluding hydrogens is 290 g/mol. The summed E-state index contributed by atoms with van der Waals surface area (Å²) in [5, 5.41) is 9.49. The van der Waals surface area contributed by atoms with Gasteiger partial charge in [-0.15, -0.1) is 0 Å². The van der Waals surface area contributed by atoms with Crippen LogP contribution in [0.1, 0.15) is 16.7 Å². The minimum absolute atomic E-state index is 0.551. The van der Waals surface area contributed by atoms with Gasteiger partial charge in [-0.3, -0.25) is 0 Å². The van der Waals surface area contributed by atoms with Crippen LogP contribution in [0.4, 0.5) is 0 Å². The fourth-order valence-electron chi connectivity index (χ4n) is 2.23. The van der Waals surface area contributed by atoms with E-state index in [1.54, 1.807) is 39.5 Å². The van der Waals surface area contributed by atoms with E-state index in [4.69, 9.17) is 14.2 Å². The van der Waals surface area contributed by atoms with Gasteiger partial charge < -0.3 is 14.2 Å². The number of nitriles is 1. The fraction of sp³-hybridized carbons (Fsp3) is 0.211. The molecule has 4 nitrogen and oxygen atoms in total. The molecule has 0 aromatic heterocycles. The van der Waals surface area contributed by atoms with Crippen LogP contribution in [0.2, 0.25) is 0 Å². The highest BCUT2D eigenvalue weighted by Gasteiger charge is 2.11. The van der Waals surface area contributed by atoms with Crippen molar-refractivity contribution in [3.63, 3.8) is 0 Å². The lowest BCUT2D eigenvalue weighted by Gasteiger charge is -2.12. The molecule has 0 radical (unpaired) electrons. The smallest absolute Gasteiger partial charge is 0.164 e. The van der Waals surface area contributed by atoms with Crippen LogP contribution in [0, 0.1) is 18.3 Å². The number of allylic oxidation sites excluding steroid dienone is 1. The minimum atomic E-state index is 0.551. The van der Waals surface area contributed by atoms with Crippen LogP contribution in [0.3, 0.4) is 0 Å². The molecule has 0 fully saturated rings. The van der Waals surface area contributed by atoms with Crippen LogP contribution in [-0.2, 0) is 0 Å². The van der Waals surface area contributed by atoms with Gasteiger partial charge in [0.25, 0.3) is 0 Å². The first-order valence-electron chi connectivity index (χ1n) is 7.11. The Morgan fingerprint density at radius 2 is 1.48 bits per heavy atom. The molecule has 23 heavy (non-hydrogen) atoms. The van der Waals surface area contributed by atoms with E-state index in [0.29, 0.717) is 22.8 Å². The molecule has 0 aliphatic heterocycles. The molecule has 0 saturated heterocycles. The third-order valence-corrected chi connectivity index (χ3v) is 3.52. The van der Waals surface area contributed by atoms with Crippen LogP contribution in [0.15, 0.2) is 36.4 Å². The molecule has 4 heteroatoms. The summed E-state index contributed by atoms with van der Waals surface area (Å²) < 4.78 is 16.0. The lowest BCUT2D eigenvalue weighted by molar-refractivity contribution is 0.348. The van der Waals surface area contributed by atoms with Crippen molar-refractivity contribution >= 4 is 11.6 Å². The molecule has 0 unspecified atom stereocenters. The van der Waals surface area contributed by atoms with Crippen molar-refractivity contribution in [2.45, 2.75) is 6.92 Å². The number of aryl methyl sites for hydroxylation is 1. The van der Waals surface area contributed by atoms with Gasteiger partial charge in [0.05, 0.1) is 33.0 Å². The molecule has 2 aromatic carbocycles. The van der Waals surface area contributed by atoms with Gasteiger partial charge in [-0.2, -0.15) is 5.26 Å². The second kappa shape index (κ2) is 7.37. The Morgan fingerprint density at radius 1 is 0.913 bits per heavy atom. The van der Waals surface area contributed by atoms with E-state index < -0.39 is 0 Å². The summed E-state index contributed by atoms with van der Waals surface area (Å²) >= 11 is 0. The number of hydrogen-bond acceptors (Lipinski definition) is 4. The monoisotopic (exact) mass is 309 g/mol. The van der Waals surface area contributed by atoms with Crippen molar-refractivity contribution in [1.29, 1.82) is 5.26 Å². The normalized spacial score (nSPS) is 10.8. The standard InChI is InChI=1S/C19H19NO3/c1-13-5-7-14(8-6-13)16(12-20)9-15-10-18(22-3)19(23-4)11-17(15)21-2/h5-11H,1-4H3/b16-9-. The summed E-state index contributed by atoms with van der Waals surface area (Å²) in [6.07, 6.45) is 1.78. The number of nitrogens with zero attached hydrogens (tertiary/aromatic N) is 1. The zero-order chi connectivity index (χ0) is 16.8. The van der Waals surface area contributed by atoms with Gasteiger partial charge in [-0.1, -0.05) is 29.8 Å². The van der Waals surface area contributed by atoms with Crippen molar-refractivity contribution in [3.8, 4) is 23.3 Å². The van der Waals surface area contributed by atoms with Crippen molar-refractivity contribution in [1.82, 2.24) is 0 Å². The summed E-state index contributed by atoms with van der Waals surface area (Å²) in [6, 6.07) is 13.6. The quantitative estimate of drug-likeness (QED) is 0.617. The van der Waals surface area contributed by atoms with Gasteiger partial charge in [0.15, 0.2) is 11.5 Å². The maximum absolute atomic E-state index is 9.49. The number of benzene rings is 2. The highest BCUT2D eigenvalue weighted by Crippen LogP contribution is 2.36. The van der Waals surface area contributed by atoms with Gasteiger partial charge in [0.1, 0.15) is 5.75 Å². The average Bonchev–Trinajstić information content (AvgIpc) is 2.59. The molecule has 0 saturated carbocycles. The predicted octanol–water partition coefficient (Wildman–Crippen LogP) is 4.09. The van der Waals surface area contributed by atoms with Gasteiger partial charge in [-0.05, 0) is 24.6 Å². The molecule has 118 valence electrons. The maximum Gasteiger partial charge on any atom is 0.164 e. The molecule has 0 spiro atoms. The summed E-state index contributed by atoms with van der Waals surface area (Å²) in [6.45, 7) is 2.01. The van der Waals surface area contributed by atoms with E-state index in [-0.39, 0.29) is 0 Å². The average molecular weight is 309 g/mol. The number of methoxy groups -OCH3 is 3. The third-order valence-electron chi connectivity index (χ3n) is 3.52.